The number of hydrogen-bond acceptors (Lipinski definition) is 3. The van der Waals surface area contributed by atoms with Crippen molar-refractivity contribution in [2.45, 2.75) is 20.3 Å². The lowest BCUT2D eigenvalue weighted by Crippen LogP contribution is -2.25. The van der Waals surface area contributed by atoms with Gasteiger partial charge < -0.3 is 10.5 Å². The largest absolute Gasteiger partial charge is 0.495 e. The molecule has 0 saturated carbocycles. The maximum Gasteiger partial charge on any atom is 0.137 e. The fraction of sp³-hybridized carbons (Fsp3) is 0.545. The first kappa shape index (κ1) is 11.0. The minimum Gasteiger partial charge on any atom is -0.495 e. The fourth-order valence-corrected chi connectivity index (χ4v) is 1.30. The van der Waals surface area contributed by atoms with Crippen LogP contribution < -0.4 is 10.5 Å². The molecule has 0 saturated heterocycles. The molecule has 0 atom stereocenters. The van der Waals surface area contributed by atoms with E-state index >= 15 is 0 Å². The third-order valence-corrected chi connectivity index (χ3v) is 2.24. The standard InChI is InChI=1S/C11H18N2O/c1-11(2,8-12)5-9-4-10(14-3)7-13-6-9/h4,6-7H,5,8,12H2,1-3H3. The molecule has 78 valence electrons. The minimum atomic E-state index is 0.119. The highest BCUT2D eigenvalue weighted by molar-refractivity contribution is 5.24. The Balaban J connectivity index is 2.76. The van der Waals surface area contributed by atoms with E-state index in [4.69, 9.17) is 10.5 Å². The van der Waals surface area contributed by atoms with Crippen molar-refractivity contribution in [1.29, 1.82) is 0 Å². The lowest BCUT2D eigenvalue weighted by Gasteiger charge is -2.22. The van der Waals surface area contributed by atoms with E-state index in [1.807, 2.05) is 12.3 Å². The van der Waals surface area contributed by atoms with Gasteiger partial charge in [0.15, 0.2) is 0 Å². The predicted octanol–water partition coefficient (Wildman–Crippen LogP) is 1.62. The summed E-state index contributed by atoms with van der Waals surface area (Å²) in [6.45, 7) is 4.96. The van der Waals surface area contributed by atoms with Gasteiger partial charge in [-0.3, -0.25) is 4.98 Å². The van der Waals surface area contributed by atoms with Crippen molar-refractivity contribution < 1.29 is 4.74 Å². The topological polar surface area (TPSA) is 48.1 Å². The molecule has 2 N–H and O–H groups in total. The molecule has 1 aromatic rings. The van der Waals surface area contributed by atoms with E-state index in [0.29, 0.717) is 6.54 Å². The summed E-state index contributed by atoms with van der Waals surface area (Å²) in [6.07, 6.45) is 4.49. The first-order valence-electron chi connectivity index (χ1n) is 4.75. The summed E-state index contributed by atoms with van der Waals surface area (Å²) in [5.41, 5.74) is 6.96. The van der Waals surface area contributed by atoms with Gasteiger partial charge in [-0.1, -0.05) is 13.8 Å². The predicted molar refractivity (Wildman–Crippen MR) is 57.3 cm³/mol. The third-order valence-electron chi connectivity index (χ3n) is 2.24. The van der Waals surface area contributed by atoms with Gasteiger partial charge in [-0.15, -0.1) is 0 Å². The van der Waals surface area contributed by atoms with Crippen LogP contribution in [0.2, 0.25) is 0 Å². The minimum absolute atomic E-state index is 0.119. The van der Waals surface area contributed by atoms with Crippen molar-refractivity contribution in [3.63, 3.8) is 0 Å². The van der Waals surface area contributed by atoms with Gasteiger partial charge in [0.25, 0.3) is 0 Å². The second-order valence-electron chi connectivity index (χ2n) is 4.28. The fourth-order valence-electron chi connectivity index (χ4n) is 1.30. The van der Waals surface area contributed by atoms with Crippen LogP contribution in [0.25, 0.3) is 0 Å². The number of pyridine rings is 1. The van der Waals surface area contributed by atoms with Gasteiger partial charge in [-0.25, -0.2) is 0 Å². The molecule has 0 unspecified atom stereocenters. The molecule has 0 fully saturated rings. The number of nitrogens with two attached hydrogens (primary N) is 1. The Morgan fingerprint density at radius 1 is 1.43 bits per heavy atom. The molecule has 0 radical (unpaired) electrons. The lowest BCUT2D eigenvalue weighted by molar-refractivity contribution is 0.373. The molecular weight excluding hydrogens is 176 g/mol. The van der Waals surface area contributed by atoms with E-state index in [1.165, 1.54) is 5.56 Å². The Morgan fingerprint density at radius 2 is 2.14 bits per heavy atom. The van der Waals surface area contributed by atoms with Gasteiger partial charge in [0.05, 0.1) is 13.3 Å². The van der Waals surface area contributed by atoms with E-state index in [-0.39, 0.29) is 5.41 Å². The second-order valence-corrected chi connectivity index (χ2v) is 4.28. The molecule has 3 nitrogen and oxygen atoms in total. The molecule has 0 spiro atoms. The molecule has 0 aliphatic carbocycles. The highest BCUT2D eigenvalue weighted by Crippen LogP contribution is 2.21. The van der Waals surface area contributed by atoms with Gasteiger partial charge in [-0.2, -0.15) is 0 Å². The Bertz CT molecular complexity index is 297. The molecule has 0 aromatic carbocycles. The Labute approximate surface area is 85.3 Å². The smallest absolute Gasteiger partial charge is 0.137 e. The molecule has 1 heterocycles. The van der Waals surface area contributed by atoms with Crippen molar-refractivity contribution >= 4 is 0 Å². The van der Waals surface area contributed by atoms with Crippen LogP contribution in [0.3, 0.4) is 0 Å². The molecular formula is C11H18N2O. The van der Waals surface area contributed by atoms with Gasteiger partial charge >= 0.3 is 0 Å². The first-order valence-corrected chi connectivity index (χ1v) is 4.75. The van der Waals surface area contributed by atoms with Crippen LogP contribution in [0, 0.1) is 5.41 Å². The van der Waals surface area contributed by atoms with E-state index in [0.717, 1.165) is 12.2 Å². The molecule has 0 aliphatic rings. The molecule has 0 aliphatic heterocycles. The van der Waals surface area contributed by atoms with Gasteiger partial charge in [0, 0.05) is 6.20 Å². The van der Waals surface area contributed by atoms with Gasteiger partial charge in [0.2, 0.25) is 0 Å². The Hall–Kier alpha value is -1.09. The van der Waals surface area contributed by atoms with E-state index in [9.17, 15) is 0 Å². The number of nitrogens with zero attached hydrogens (tertiary/aromatic N) is 1. The summed E-state index contributed by atoms with van der Waals surface area (Å²) in [5, 5.41) is 0. The van der Waals surface area contributed by atoms with E-state index in [2.05, 4.69) is 18.8 Å². The average Bonchev–Trinajstić information content (AvgIpc) is 2.17. The van der Waals surface area contributed by atoms with Crippen LogP contribution in [0.4, 0.5) is 0 Å². The zero-order valence-corrected chi connectivity index (χ0v) is 9.08. The monoisotopic (exact) mass is 194 g/mol. The maximum atomic E-state index is 5.67. The molecule has 14 heavy (non-hydrogen) atoms. The zero-order chi connectivity index (χ0) is 10.6. The van der Waals surface area contributed by atoms with Crippen molar-refractivity contribution in [3.8, 4) is 5.75 Å². The molecule has 0 amide bonds. The number of hydrogen-bond donors (Lipinski definition) is 1. The Kier molecular flexibility index (Phi) is 3.47. The van der Waals surface area contributed by atoms with Crippen LogP contribution in [0.1, 0.15) is 19.4 Å². The lowest BCUT2D eigenvalue weighted by atomic mass is 9.86. The molecule has 0 bridgehead atoms. The zero-order valence-electron chi connectivity index (χ0n) is 9.08. The van der Waals surface area contributed by atoms with Gasteiger partial charge in [0.1, 0.15) is 5.75 Å². The van der Waals surface area contributed by atoms with Crippen LogP contribution >= 0.6 is 0 Å². The van der Waals surface area contributed by atoms with Crippen molar-refractivity contribution in [2.75, 3.05) is 13.7 Å². The third kappa shape index (κ3) is 3.00. The quantitative estimate of drug-likeness (QED) is 0.792. The second kappa shape index (κ2) is 4.42. The number of rotatable bonds is 4. The van der Waals surface area contributed by atoms with Crippen LogP contribution in [0.15, 0.2) is 18.5 Å². The summed E-state index contributed by atoms with van der Waals surface area (Å²) < 4.78 is 5.11. The summed E-state index contributed by atoms with van der Waals surface area (Å²) in [5.74, 6) is 0.801. The van der Waals surface area contributed by atoms with Crippen LogP contribution in [-0.2, 0) is 6.42 Å². The number of aromatic nitrogens is 1. The highest BCUT2D eigenvalue weighted by Gasteiger charge is 2.16. The normalized spacial score (nSPS) is 11.4. The summed E-state index contributed by atoms with van der Waals surface area (Å²) in [7, 11) is 1.65. The molecule has 3 heteroatoms. The van der Waals surface area contributed by atoms with Crippen molar-refractivity contribution in [2.24, 2.45) is 11.1 Å². The van der Waals surface area contributed by atoms with E-state index < -0.39 is 0 Å². The maximum absolute atomic E-state index is 5.67. The molecule has 1 aromatic heterocycles. The summed E-state index contributed by atoms with van der Waals surface area (Å²) >= 11 is 0. The van der Waals surface area contributed by atoms with E-state index in [1.54, 1.807) is 13.3 Å². The SMILES string of the molecule is COc1cncc(CC(C)(C)CN)c1. The van der Waals surface area contributed by atoms with Crippen molar-refractivity contribution in [3.05, 3.63) is 24.0 Å². The van der Waals surface area contributed by atoms with Crippen molar-refractivity contribution in [1.82, 2.24) is 4.98 Å². The average molecular weight is 194 g/mol. The molecule has 1 rings (SSSR count). The number of ether oxygens (including phenoxy) is 1. The number of methoxy groups -OCH3 is 1. The summed E-state index contributed by atoms with van der Waals surface area (Å²) in [6, 6.07) is 2.00. The Morgan fingerprint density at radius 3 is 2.71 bits per heavy atom. The first-order chi connectivity index (χ1) is 6.57. The van der Waals surface area contributed by atoms with Gasteiger partial charge in [-0.05, 0) is 30.0 Å². The highest BCUT2D eigenvalue weighted by atomic mass is 16.5. The van der Waals surface area contributed by atoms with Crippen LogP contribution in [-0.4, -0.2) is 18.6 Å². The van der Waals surface area contributed by atoms with Crippen LogP contribution in [0.5, 0.6) is 5.75 Å². The summed E-state index contributed by atoms with van der Waals surface area (Å²) in [4.78, 5) is 4.11.